The SMILES string of the molecule is CC(C)CCNc1nc(-c2ccc(OCC(=O)N3CCNCC3)c(Cl)c2)c2c(n1)C(F)(F)CC2. The molecule has 2 N–H and O–H groups in total. The second kappa shape index (κ2) is 10.4. The van der Waals surface area contributed by atoms with E-state index >= 15 is 0 Å². The van der Waals surface area contributed by atoms with Gasteiger partial charge in [-0.25, -0.2) is 9.97 Å². The Morgan fingerprint density at radius 3 is 2.76 bits per heavy atom. The molecule has 0 saturated carbocycles. The maximum absolute atomic E-state index is 14.5. The van der Waals surface area contributed by atoms with Crippen molar-refractivity contribution in [3.05, 3.63) is 34.5 Å². The lowest BCUT2D eigenvalue weighted by Crippen LogP contribution is -2.47. The average Bonchev–Trinajstić information content (AvgIpc) is 3.12. The van der Waals surface area contributed by atoms with Crippen LogP contribution in [0.4, 0.5) is 14.7 Å². The number of nitrogens with zero attached hydrogens (tertiary/aromatic N) is 3. The summed E-state index contributed by atoms with van der Waals surface area (Å²) in [5, 5.41) is 6.57. The summed E-state index contributed by atoms with van der Waals surface area (Å²) in [7, 11) is 0. The molecule has 1 saturated heterocycles. The van der Waals surface area contributed by atoms with E-state index in [2.05, 4.69) is 34.4 Å². The second-order valence-electron chi connectivity index (χ2n) is 9.10. The van der Waals surface area contributed by atoms with Gasteiger partial charge in [0.05, 0.1) is 10.7 Å². The minimum Gasteiger partial charge on any atom is -0.482 e. The van der Waals surface area contributed by atoms with Gasteiger partial charge in [0.15, 0.2) is 6.61 Å². The normalized spacial score (nSPS) is 17.1. The molecule has 1 amide bonds. The molecule has 10 heteroatoms. The van der Waals surface area contributed by atoms with Crippen LogP contribution in [0.3, 0.4) is 0 Å². The molecule has 1 aliphatic heterocycles. The van der Waals surface area contributed by atoms with Crippen molar-refractivity contribution >= 4 is 23.5 Å². The summed E-state index contributed by atoms with van der Waals surface area (Å²) in [4.78, 5) is 22.8. The number of piperazine rings is 1. The van der Waals surface area contributed by atoms with Gasteiger partial charge in [0, 0.05) is 50.3 Å². The van der Waals surface area contributed by atoms with Crippen LogP contribution >= 0.6 is 11.6 Å². The third kappa shape index (κ3) is 5.58. The van der Waals surface area contributed by atoms with Gasteiger partial charge in [-0.3, -0.25) is 4.79 Å². The van der Waals surface area contributed by atoms with Crippen molar-refractivity contribution in [3.63, 3.8) is 0 Å². The number of halogens is 3. The molecule has 2 aromatic rings. The zero-order valence-electron chi connectivity index (χ0n) is 19.5. The Balaban J connectivity index is 1.54. The van der Waals surface area contributed by atoms with Crippen LogP contribution in [0.5, 0.6) is 5.75 Å². The molecule has 0 atom stereocenters. The van der Waals surface area contributed by atoms with Gasteiger partial charge < -0.3 is 20.3 Å². The quantitative estimate of drug-likeness (QED) is 0.576. The van der Waals surface area contributed by atoms with Gasteiger partial charge in [0.25, 0.3) is 11.8 Å². The van der Waals surface area contributed by atoms with Crippen LogP contribution in [0.25, 0.3) is 11.3 Å². The molecular formula is C24H30ClF2N5O2. The minimum atomic E-state index is -2.99. The largest absolute Gasteiger partial charge is 0.482 e. The van der Waals surface area contributed by atoms with Crippen molar-refractivity contribution in [2.24, 2.45) is 5.92 Å². The second-order valence-corrected chi connectivity index (χ2v) is 9.51. The van der Waals surface area contributed by atoms with E-state index in [1.165, 1.54) is 0 Å². The van der Waals surface area contributed by atoms with E-state index in [9.17, 15) is 13.6 Å². The summed E-state index contributed by atoms with van der Waals surface area (Å²) in [6, 6.07) is 5.02. The maximum Gasteiger partial charge on any atom is 0.290 e. The summed E-state index contributed by atoms with van der Waals surface area (Å²) in [5.41, 5.74) is 1.27. The molecule has 4 rings (SSSR count). The summed E-state index contributed by atoms with van der Waals surface area (Å²) in [6.45, 7) is 7.48. The van der Waals surface area contributed by atoms with Crippen molar-refractivity contribution in [2.45, 2.75) is 39.0 Å². The van der Waals surface area contributed by atoms with Gasteiger partial charge in [-0.15, -0.1) is 0 Å². The third-order valence-electron chi connectivity index (χ3n) is 6.07. The number of hydrogen-bond donors (Lipinski definition) is 2. The molecule has 184 valence electrons. The van der Waals surface area contributed by atoms with Crippen LogP contribution in [0, 0.1) is 5.92 Å². The summed E-state index contributed by atoms with van der Waals surface area (Å²) in [6.07, 6.45) is 0.776. The zero-order chi connectivity index (χ0) is 24.3. The number of carbonyl (C=O) groups excluding carboxylic acids is 1. The summed E-state index contributed by atoms with van der Waals surface area (Å²) >= 11 is 6.45. The molecular weight excluding hydrogens is 464 g/mol. The Labute approximate surface area is 203 Å². The van der Waals surface area contributed by atoms with Crippen LogP contribution < -0.4 is 15.4 Å². The first-order chi connectivity index (χ1) is 16.2. The number of anilines is 1. The van der Waals surface area contributed by atoms with E-state index in [-0.39, 0.29) is 42.0 Å². The van der Waals surface area contributed by atoms with E-state index < -0.39 is 5.92 Å². The Bertz CT molecular complexity index is 1040. The molecule has 1 aromatic heterocycles. The highest BCUT2D eigenvalue weighted by molar-refractivity contribution is 6.32. The first-order valence-corrected chi connectivity index (χ1v) is 12.1. The van der Waals surface area contributed by atoms with Crippen molar-refractivity contribution < 1.29 is 18.3 Å². The number of benzene rings is 1. The molecule has 0 bridgehead atoms. The zero-order valence-corrected chi connectivity index (χ0v) is 20.2. The van der Waals surface area contributed by atoms with Crippen molar-refractivity contribution in [3.8, 4) is 17.0 Å². The number of nitrogens with one attached hydrogen (secondary N) is 2. The molecule has 1 fully saturated rings. The fourth-order valence-corrected chi connectivity index (χ4v) is 4.36. The molecule has 0 unspecified atom stereocenters. The number of carbonyl (C=O) groups is 1. The van der Waals surface area contributed by atoms with E-state index in [0.717, 1.165) is 19.5 Å². The molecule has 2 aliphatic rings. The Kier molecular flexibility index (Phi) is 7.52. The highest BCUT2D eigenvalue weighted by atomic mass is 35.5. The molecule has 0 radical (unpaired) electrons. The van der Waals surface area contributed by atoms with Gasteiger partial charge in [-0.1, -0.05) is 25.4 Å². The van der Waals surface area contributed by atoms with Crippen molar-refractivity contribution in [1.29, 1.82) is 0 Å². The predicted molar refractivity (Wildman–Crippen MR) is 128 cm³/mol. The fraction of sp³-hybridized carbons (Fsp3) is 0.542. The first kappa shape index (κ1) is 24.6. The van der Waals surface area contributed by atoms with Gasteiger partial charge >= 0.3 is 0 Å². The van der Waals surface area contributed by atoms with E-state index in [4.69, 9.17) is 16.3 Å². The lowest BCUT2D eigenvalue weighted by molar-refractivity contribution is -0.133. The summed E-state index contributed by atoms with van der Waals surface area (Å²) < 4.78 is 34.7. The van der Waals surface area contributed by atoms with Crippen LogP contribution in [-0.4, -0.2) is 60.1 Å². The number of ether oxygens (including phenoxy) is 1. The lowest BCUT2D eigenvalue weighted by atomic mass is 10.0. The highest BCUT2D eigenvalue weighted by Crippen LogP contribution is 2.44. The van der Waals surface area contributed by atoms with Crippen LogP contribution in [-0.2, 0) is 17.1 Å². The van der Waals surface area contributed by atoms with Crippen molar-refractivity contribution in [2.75, 3.05) is 44.6 Å². The Morgan fingerprint density at radius 2 is 2.06 bits per heavy atom. The first-order valence-electron chi connectivity index (χ1n) is 11.7. The summed E-state index contributed by atoms with van der Waals surface area (Å²) in [5.74, 6) is -2.07. The van der Waals surface area contributed by atoms with Crippen LogP contribution in [0.1, 0.15) is 37.9 Å². The van der Waals surface area contributed by atoms with Crippen LogP contribution in [0.2, 0.25) is 5.02 Å². The third-order valence-corrected chi connectivity index (χ3v) is 6.37. The van der Waals surface area contributed by atoms with E-state index in [0.29, 0.717) is 48.1 Å². The maximum atomic E-state index is 14.5. The number of amides is 1. The molecule has 1 aromatic carbocycles. The lowest BCUT2D eigenvalue weighted by Gasteiger charge is -2.27. The molecule has 34 heavy (non-hydrogen) atoms. The Morgan fingerprint density at radius 1 is 1.29 bits per heavy atom. The molecule has 1 aliphatic carbocycles. The van der Waals surface area contributed by atoms with E-state index in [1.54, 1.807) is 23.1 Å². The van der Waals surface area contributed by atoms with Gasteiger partial charge in [-0.05, 0) is 37.0 Å². The fourth-order valence-electron chi connectivity index (χ4n) is 4.12. The van der Waals surface area contributed by atoms with Gasteiger partial charge in [0.2, 0.25) is 5.95 Å². The number of aromatic nitrogens is 2. The van der Waals surface area contributed by atoms with Gasteiger partial charge in [0.1, 0.15) is 11.4 Å². The van der Waals surface area contributed by atoms with Gasteiger partial charge in [-0.2, -0.15) is 8.78 Å². The predicted octanol–water partition coefficient (Wildman–Crippen LogP) is 4.10. The van der Waals surface area contributed by atoms with Crippen LogP contribution in [0.15, 0.2) is 18.2 Å². The molecule has 2 heterocycles. The molecule has 0 spiro atoms. The van der Waals surface area contributed by atoms with E-state index in [1.807, 2.05) is 0 Å². The minimum absolute atomic E-state index is 0.102. The number of rotatable bonds is 8. The average molecular weight is 494 g/mol. The number of alkyl halides is 2. The standard InChI is InChI=1S/C24H30ClF2N5O2/c1-15(2)6-8-29-23-30-21(17-5-7-24(26,27)22(17)31-23)16-3-4-19(18(25)13-16)34-14-20(33)32-11-9-28-10-12-32/h3-4,13,15,28H,5-12,14H2,1-2H3,(H,29,30,31). The Hall–Kier alpha value is -2.52. The molecule has 7 nitrogen and oxygen atoms in total. The van der Waals surface area contributed by atoms with Crippen molar-refractivity contribution in [1.82, 2.24) is 20.2 Å². The monoisotopic (exact) mass is 493 g/mol. The number of hydrogen-bond acceptors (Lipinski definition) is 6. The number of fused-ring (bicyclic) bond motifs is 1. The smallest absolute Gasteiger partial charge is 0.290 e. The highest BCUT2D eigenvalue weighted by Gasteiger charge is 2.43. The topological polar surface area (TPSA) is 79.4 Å².